The van der Waals surface area contributed by atoms with E-state index in [4.69, 9.17) is 4.74 Å². The second-order valence-corrected chi connectivity index (χ2v) is 7.11. The summed E-state index contributed by atoms with van der Waals surface area (Å²) in [6.45, 7) is 1.33. The summed E-state index contributed by atoms with van der Waals surface area (Å²) in [4.78, 5) is 17.3. The van der Waals surface area contributed by atoms with E-state index in [9.17, 15) is 4.79 Å². The molecule has 2 unspecified atom stereocenters. The first kappa shape index (κ1) is 15.5. The fraction of sp³-hybridized carbons (Fsp3) is 0.350. The maximum atomic E-state index is 13.0. The van der Waals surface area contributed by atoms with E-state index < -0.39 is 0 Å². The summed E-state index contributed by atoms with van der Waals surface area (Å²) in [6, 6.07) is 11.7. The summed E-state index contributed by atoms with van der Waals surface area (Å²) in [7, 11) is 0. The first-order valence-corrected chi connectivity index (χ1v) is 9.08. The molecule has 1 saturated heterocycles. The molecule has 2 aliphatic rings. The summed E-state index contributed by atoms with van der Waals surface area (Å²) in [6.07, 6.45) is 5.94. The zero-order chi connectivity index (χ0) is 17.5. The molecule has 3 heterocycles. The first-order chi connectivity index (χ1) is 12.8. The highest BCUT2D eigenvalue weighted by Gasteiger charge is 2.41. The molecule has 2 aromatic heterocycles. The fourth-order valence-corrected chi connectivity index (χ4v) is 3.85. The topological polar surface area (TPSA) is 69.0 Å². The van der Waals surface area contributed by atoms with Crippen molar-refractivity contribution in [1.29, 1.82) is 0 Å². The molecule has 0 radical (unpaired) electrons. The second kappa shape index (κ2) is 6.21. The number of fused-ring (bicyclic) bond motifs is 1. The van der Waals surface area contributed by atoms with Crippen LogP contribution < -0.4 is 5.32 Å². The molecular formula is C20H20N4O2. The molecule has 1 aromatic carbocycles. The van der Waals surface area contributed by atoms with E-state index in [1.165, 1.54) is 12.8 Å². The standard InChI is InChI=1S/C20H20N4O2/c25-20(23-16-12-26-11-15(16)13-7-8-13)19-18(6-3-9-21-19)24-17-5-2-1-4-14(17)10-22-24/h1-6,9-10,13,15-16H,7-8,11-12H2,(H,23,25). The van der Waals surface area contributed by atoms with Gasteiger partial charge in [0.05, 0.1) is 36.7 Å². The Morgan fingerprint density at radius 1 is 1.15 bits per heavy atom. The van der Waals surface area contributed by atoms with Gasteiger partial charge in [-0.3, -0.25) is 4.79 Å². The zero-order valence-electron chi connectivity index (χ0n) is 14.3. The molecule has 132 valence electrons. The van der Waals surface area contributed by atoms with Gasteiger partial charge in [-0.05, 0) is 37.0 Å². The lowest BCUT2D eigenvalue weighted by Gasteiger charge is -2.19. The molecule has 6 heteroatoms. The van der Waals surface area contributed by atoms with Gasteiger partial charge >= 0.3 is 0 Å². The minimum atomic E-state index is -0.165. The van der Waals surface area contributed by atoms with Gasteiger partial charge < -0.3 is 10.1 Å². The van der Waals surface area contributed by atoms with Gasteiger partial charge in [-0.2, -0.15) is 5.10 Å². The van der Waals surface area contributed by atoms with E-state index >= 15 is 0 Å². The summed E-state index contributed by atoms with van der Waals surface area (Å²) in [5.74, 6) is 0.957. The van der Waals surface area contributed by atoms with Gasteiger partial charge in [0.15, 0.2) is 5.69 Å². The lowest BCUT2D eigenvalue weighted by atomic mass is 9.98. The average Bonchev–Trinajstić information content (AvgIpc) is 3.26. The molecule has 26 heavy (non-hydrogen) atoms. The Kier molecular flexibility index (Phi) is 3.71. The van der Waals surface area contributed by atoms with Gasteiger partial charge in [-0.15, -0.1) is 0 Å². The maximum Gasteiger partial charge on any atom is 0.272 e. The van der Waals surface area contributed by atoms with Crippen LogP contribution >= 0.6 is 0 Å². The Hall–Kier alpha value is -2.73. The third-order valence-corrected chi connectivity index (χ3v) is 5.38. The molecule has 1 saturated carbocycles. The van der Waals surface area contributed by atoms with Crippen molar-refractivity contribution in [1.82, 2.24) is 20.1 Å². The third-order valence-electron chi connectivity index (χ3n) is 5.38. The number of carbonyl (C=O) groups is 1. The highest BCUT2D eigenvalue weighted by Crippen LogP contribution is 2.40. The van der Waals surface area contributed by atoms with Crippen LogP contribution in [0.15, 0.2) is 48.8 Å². The van der Waals surface area contributed by atoms with E-state index in [0.29, 0.717) is 29.8 Å². The number of hydrogen-bond acceptors (Lipinski definition) is 4. The van der Waals surface area contributed by atoms with Crippen LogP contribution in [0.2, 0.25) is 0 Å². The monoisotopic (exact) mass is 348 g/mol. The van der Waals surface area contributed by atoms with Gasteiger partial charge in [-0.25, -0.2) is 9.67 Å². The van der Waals surface area contributed by atoms with E-state index in [2.05, 4.69) is 15.4 Å². The summed E-state index contributed by atoms with van der Waals surface area (Å²) in [5.41, 5.74) is 2.03. The number of ether oxygens (including phenoxy) is 1. The molecule has 0 spiro atoms. The Labute approximate surface area is 151 Å². The fourth-order valence-electron chi connectivity index (χ4n) is 3.85. The quantitative estimate of drug-likeness (QED) is 0.787. The Morgan fingerprint density at radius 2 is 2.04 bits per heavy atom. The molecule has 0 bridgehead atoms. The number of nitrogens with one attached hydrogen (secondary N) is 1. The van der Waals surface area contributed by atoms with Crippen LogP contribution in [-0.4, -0.2) is 39.9 Å². The van der Waals surface area contributed by atoms with Crippen molar-refractivity contribution >= 4 is 16.8 Å². The maximum absolute atomic E-state index is 13.0. The Bertz CT molecular complexity index is 963. The SMILES string of the molecule is O=C(NC1COCC1C1CC1)c1ncccc1-n1ncc2ccccc21. The Balaban J connectivity index is 1.47. The number of amides is 1. The largest absolute Gasteiger partial charge is 0.379 e. The lowest BCUT2D eigenvalue weighted by molar-refractivity contribution is 0.0918. The van der Waals surface area contributed by atoms with Gasteiger partial charge in [0.25, 0.3) is 5.91 Å². The predicted molar refractivity (Wildman–Crippen MR) is 97.2 cm³/mol. The van der Waals surface area contributed by atoms with Gasteiger partial charge in [0.2, 0.25) is 0 Å². The summed E-state index contributed by atoms with van der Waals surface area (Å²) in [5, 5.41) is 8.64. The average molecular weight is 348 g/mol. The number of carbonyl (C=O) groups excluding carboxylic acids is 1. The van der Waals surface area contributed by atoms with Crippen molar-refractivity contribution in [2.45, 2.75) is 18.9 Å². The van der Waals surface area contributed by atoms with Gasteiger partial charge in [0.1, 0.15) is 0 Å². The smallest absolute Gasteiger partial charge is 0.272 e. The van der Waals surface area contributed by atoms with Crippen molar-refractivity contribution in [3.8, 4) is 5.69 Å². The van der Waals surface area contributed by atoms with Crippen molar-refractivity contribution in [2.24, 2.45) is 11.8 Å². The minimum absolute atomic E-state index is 0.0687. The molecule has 2 fully saturated rings. The lowest BCUT2D eigenvalue weighted by Crippen LogP contribution is -2.41. The van der Waals surface area contributed by atoms with E-state index in [1.807, 2.05) is 36.4 Å². The molecule has 1 amide bonds. The summed E-state index contributed by atoms with van der Waals surface area (Å²) < 4.78 is 7.39. The number of rotatable bonds is 4. The van der Waals surface area contributed by atoms with Crippen LogP contribution in [0.5, 0.6) is 0 Å². The highest BCUT2D eigenvalue weighted by molar-refractivity contribution is 5.96. The molecule has 1 N–H and O–H groups in total. The van der Waals surface area contributed by atoms with Crippen molar-refractivity contribution < 1.29 is 9.53 Å². The number of nitrogens with zero attached hydrogens (tertiary/aromatic N) is 3. The second-order valence-electron chi connectivity index (χ2n) is 7.11. The van der Waals surface area contributed by atoms with Crippen molar-refractivity contribution in [3.63, 3.8) is 0 Å². The Morgan fingerprint density at radius 3 is 2.92 bits per heavy atom. The van der Waals surface area contributed by atoms with Crippen LogP contribution in [0.1, 0.15) is 23.3 Å². The van der Waals surface area contributed by atoms with Crippen LogP contribution in [0.25, 0.3) is 16.6 Å². The number of para-hydroxylation sites is 1. The summed E-state index contributed by atoms with van der Waals surface area (Å²) >= 11 is 0. The molecule has 1 aliphatic carbocycles. The van der Waals surface area contributed by atoms with E-state index in [1.54, 1.807) is 17.1 Å². The molecule has 6 nitrogen and oxygen atoms in total. The van der Waals surface area contributed by atoms with Crippen molar-refractivity contribution in [2.75, 3.05) is 13.2 Å². The molecule has 3 aromatic rings. The minimum Gasteiger partial charge on any atom is -0.379 e. The molecule has 2 atom stereocenters. The number of hydrogen-bond donors (Lipinski definition) is 1. The molecule has 1 aliphatic heterocycles. The zero-order valence-corrected chi connectivity index (χ0v) is 14.3. The number of pyridine rings is 1. The highest BCUT2D eigenvalue weighted by atomic mass is 16.5. The third kappa shape index (κ3) is 2.66. The predicted octanol–water partition coefficient (Wildman–Crippen LogP) is 2.58. The normalized spacial score (nSPS) is 22.6. The van der Waals surface area contributed by atoms with Crippen LogP contribution in [0.4, 0.5) is 0 Å². The van der Waals surface area contributed by atoms with E-state index in [0.717, 1.165) is 17.5 Å². The van der Waals surface area contributed by atoms with Gasteiger partial charge in [-0.1, -0.05) is 18.2 Å². The molecule has 5 rings (SSSR count). The first-order valence-electron chi connectivity index (χ1n) is 9.08. The van der Waals surface area contributed by atoms with Crippen molar-refractivity contribution in [3.05, 3.63) is 54.5 Å². The number of aromatic nitrogens is 3. The van der Waals surface area contributed by atoms with E-state index in [-0.39, 0.29) is 11.9 Å². The van der Waals surface area contributed by atoms with Crippen LogP contribution in [-0.2, 0) is 4.74 Å². The van der Waals surface area contributed by atoms with Crippen LogP contribution in [0.3, 0.4) is 0 Å². The van der Waals surface area contributed by atoms with Crippen LogP contribution in [0, 0.1) is 11.8 Å². The van der Waals surface area contributed by atoms with Gasteiger partial charge in [0, 0.05) is 17.5 Å². The molecular weight excluding hydrogens is 328 g/mol. The number of benzene rings is 1.